The number of hydrogen-bond acceptors (Lipinski definition) is 2. The predicted molar refractivity (Wildman–Crippen MR) is 106 cm³/mol. The van der Waals surface area contributed by atoms with Crippen molar-refractivity contribution in [3.8, 4) is 0 Å². The van der Waals surface area contributed by atoms with Crippen LogP contribution >= 0.6 is 0 Å². The minimum Gasteiger partial charge on any atom is -0.352 e. The zero-order chi connectivity index (χ0) is 20.0. The number of amides is 2. The van der Waals surface area contributed by atoms with Crippen molar-refractivity contribution in [2.24, 2.45) is 0 Å². The quantitative estimate of drug-likeness (QED) is 0.715. The first-order valence-electron chi connectivity index (χ1n) is 9.31. The summed E-state index contributed by atoms with van der Waals surface area (Å²) in [6.45, 7) is 6.72. The van der Waals surface area contributed by atoms with Crippen LogP contribution in [0.4, 0.5) is 4.39 Å². The van der Waals surface area contributed by atoms with Crippen LogP contribution < -0.4 is 5.32 Å². The number of fused-ring (bicyclic) bond motifs is 1. The molecule has 0 radical (unpaired) electrons. The monoisotopic (exact) mass is 379 g/mol. The second-order valence-electron chi connectivity index (χ2n) is 7.32. The highest BCUT2D eigenvalue weighted by atomic mass is 19.1. The van der Waals surface area contributed by atoms with E-state index in [1.165, 1.54) is 12.1 Å². The van der Waals surface area contributed by atoms with E-state index < -0.39 is 6.04 Å². The lowest BCUT2D eigenvalue weighted by atomic mass is 10.0. The first-order valence-corrected chi connectivity index (χ1v) is 9.31. The fraction of sp³-hybridized carbons (Fsp3) is 0.273. The highest BCUT2D eigenvalue weighted by Crippen LogP contribution is 2.31. The van der Waals surface area contributed by atoms with Crippen LogP contribution in [0.25, 0.3) is 10.9 Å². The Morgan fingerprint density at radius 1 is 1.07 bits per heavy atom. The van der Waals surface area contributed by atoms with E-state index in [4.69, 9.17) is 0 Å². The summed E-state index contributed by atoms with van der Waals surface area (Å²) in [7, 11) is 0. The molecule has 144 valence electrons. The molecule has 1 fully saturated rings. The van der Waals surface area contributed by atoms with Gasteiger partial charge < -0.3 is 15.2 Å². The Kier molecular flexibility index (Phi) is 4.41. The summed E-state index contributed by atoms with van der Waals surface area (Å²) in [6.07, 6.45) is 0. The highest BCUT2D eigenvalue weighted by molar-refractivity contribution is 6.04. The molecular formula is C22H22FN3O2. The van der Waals surface area contributed by atoms with E-state index in [-0.39, 0.29) is 17.6 Å². The number of nitrogens with zero attached hydrogens (tertiary/aromatic N) is 1. The molecule has 3 aromatic rings. The topological polar surface area (TPSA) is 65.2 Å². The van der Waals surface area contributed by atoms with Gasteiger partial charge in [-0.05, 0) is 55.2 Å². The number of aromatic amines is 1. The molecule has 1 atom stereocenters. The molecule has 2 aromatic carbocycles. The van der Waals surface area contributed by atoms with Gasteiger partial charge in [0.2, 0.25) is 5.91 Å². The third kappa shape index (κ3) is 2.85. The molecule has 1 aliphatic heterocycles. The van der Waals surface area contributed by atoms with E-state index >= 15 is 0 Å². The van der Waals surface area contributed by atoms with Crippen molar-refractivity contribution in [1.82, 2.24) is 15.2 Å². The van der Waals surface area contributed by atoms with Gasteiger partial charge in [0, 0.05) is 24.0 Å². The van der Waals surface area contributed by atoms with Crippen LogP contribution in [0.2, 0.25) is 0 Å². The van der Waals surface area contributed by atoms with Gasteiger partial charge in [0.1, 0.15) is 17.6 Å². The second kappa shape index (κ2) is 6.78. The number of H-pyrrole nitrogens is 1. The summed E-state index contributed by atoms with van der Waals surface area (Å²) in [5, 5.41) is 3.85. The van der Waals surface area contributed by atoms with E-state index in [0.29, 0.717) is 24.3 Å². The summed E-state index contributed by atoms with van der Waals surface area (Å²) in [6, 6.07) is 9.01. The Morgan fingerprint density at radius 2 is 1.75 bits per heavy atom. The van der Waals surface area contributed by atoms with Crippen LogP contribution in [0.3, 0.4) is 0 Å². The van der Waals surface area contributed by atoms with Crippen molar-refractivity contribution in [1.29, 1.82) is 0 Å². The molecule has 2 amide bonds. The number of piperazine rings is 1. The lowest BCUT2D eigenvalue weighted by molar-refractivity contribution is -0.128. The van der Waals surface area contributed by atoms with Gasteiger partial charge in [-0.3, -0.25) is 9.59 Å². The molecule has 6 heteroatoms. The van der Waals surface area contributed by atoms with Gasteiger partial charge in [0.15, 0.2) is 0 Å². The van der Waals surface area contributed by atoms with Crippen LogP contribution in [0.1, 0.15) is 38.8 Å². The molecular weight excluding hydrogens is 357 g/mol. The SMILES string of the molecule is Cc1ccc(C)c2c(C)c(C(=O)N3CCNC(=O)[C@@H]3c3ccc(F)cc3)[nH]c12. The molecule has 1 aliphatic rings. The molecule has 0 unspecified atom stereocenters. The molecule has 2 N–H and O–H groups in total. The maximum Gasteiger partial charge on any atom is 0.271 e. The zero-order valence-electron chi connectivity index (χ0n) is 16.1. The van der Waals surface area contributed by atoms with E-state index in [1.807, 2.05) is 32.9 Å². The zero-order valence-corrected chi connectivity index (χ0v) is 16.1. The first-order chi connectivity index (χ1) is 13.4. The average Bonchev–Trinajstić information content (AvgIpc) is 3.03. The number of nitrogens with one attached hydrogen (secondary N) is 2. The fourth-order valence-electron chi connectivity index (χ4n) is 4.02. The maximum atomic E-state index is 13.4. The van der Waals surface area contributed by atoms with Crippen molar-refractivity contribution in [2.45, 2.75) is 26.8 Å². The van der Waals surface area contributed by atoms with Crippen LogP contribution in [-0.2, 0) is 4.79 Å². The third-order valence-corrected chi connectivity index (χ3v) is 5.49. The molecule has 0 saturated carbocycles. The van der Waals surface area contributed by atoms with Crippen molar-refractivity contribution in [2.75, 3.05) is 13.1 Å². The molecule has 2 heterocycles. The molecule has 1 aromatic heterocycles. The van der Waals surface area contributed by atoms with Gasteiger partial charge >= 0.3 is 0 Å². The number of aromatic nitrogens is 1. The van der Waals surface area contributed by atoms with Crippen molar-refractivity contribution in [3.63, 3.8) is 0 Å². The number of rotatable bonds is 2. The molecule has 1 saturated heterocycles. The number of benzene rings is 2. The fourth-order valence-corrected chi connectivity index (χ4v) is 4.02. The Morgan fingerprint density at radius 3 is 2.43 bits per heavy atom. The largest absolute Gasteiger partial charge is 0.352 e. The number of hydrogen-bond donors (Lipinski definition) is 2. The van der Waals surface area contributed by atoms with Crippen LogP contribution in [0.5, 0.6) is 0 Å². The van der Waals surface area contributed by atoms with Crippen LogP contribution in [-0.4, -0.2) is 34.8 Å². The van der Waals surface area contributed by atoms with E-state index in [2.05, 4.69) is 10.3 Å². The molecule has 0 aliphatic carbocycles. The highest BCUT2D eigenvalue weighted by Gasteiger charge is 2.36. The lowest BCUT2D eigenvalue weighted by Crippen LogP contribution is -2.52. The smallest absolute Gasteiger partial charge is 0.271 e. The summed E-state index contributed by atoms with van der Waals surface area (Å²) >= 11 is 0. The Bertz CT molecular complexity index is 1090. The van der Waals surface area contributed by atoms with Crippen LogP contribution in [0, 0.1) is 26.6 Å². The molecule has 0 bridgehead atoms. The van der Waals surface area contributed by atoms with Gasteiger partial charge in [-0.2, -0.15) is 0 Å². The number of aryl methyl sites for hydroxylation is 3. The summed E-state index contributed by atoms with van der Waals surface area (Å²) < 4.78 is 13.3. The Hall–Kier alpha value is -3.15. The molecule has 0 spiro atoms. The summed E-state index contributed by atoms with van der Waals surface area (Å²) in [4.78, 5) is 30.9. The second-order valence-corrected chi connectivity index (χ2v) is 7.32. The van der Waals surface area contributed by atoms with Gasteiger partial charge in [-0.15, -0.1) is 0 Å². The maximum absolute atomic E-state index is 13.4. The molecule has 4 rings (SSSR count). The Labute approximate surface area is 162 Å². The first kappa shape index (κ1) is 18.2. The molecule has 28 heavy (non-hydrogen) atoms. The van der Waals surface area contributed by atoms with Crippen LogP contribution in [0.15, 0.2) is 36.4 Å². The van der Waals surface area contributed by atoms with E-state index in [0.717, 1.165) is 27.6 Å². The van der Waals surface area contributed by atoms with Gasteiger partial charge in [0.05, 0.1) is 0 Å². The molecule has 5 nitrogen and oxygen atoms in total. The lowest BCUT2D eigenvalue weighted by Gasteiger charge is -2.35. The van der Waals surface area contributed by atoms with E-state index in [1.54, 1.807) is 17.0 Å². The van der Waals surface area contributed by atoms with E-state index in [9.17, 15) is 14.0 Å². The van der Waals surface area contributed by atoms with Gasteiger partial charge in [-0.1, -0.05) is 24.3 Å². The minimum atomic E-state index is -0.783. The van der Waals surface area contributed by atoms with Gasteiger partial charge in [0.25, 0.3) is 5.91 Å². The summed E-state index contributed by atoms with van der Waals surface area (Å²) in [5.74, 6) is -0.862. The number of carbonyl (C=O) groups is 2. The normalized spacial score (nSPS) is 17.1. The van der Waals surface area contributed by atoms with Crippen molar-refractivity contribution >= 4 is 22.7 Å². The van der Waals surface area contributed by atoms with Gasteiger partial charge in [-0.25, -0.2) is 4.39 Å². The third-order valence-electron chi connectivity index (χ3n) is 5.49. The summed E-state index contributed by atoms with van der Waals surface area (Å²) in [5.41, 5.74) is 5.07. The average molecular weight is 379 g/mol. The van der Waals surface area contributed by atoms with Crippen molar-refractivity contribution < 1.29 is 14.0 Å². The van der Waals surface area contributed by atoms with Crippen molar-refractivity contribution in [3.05, 3.63) is 70.2 Å². The number of halogens is 1. The Balaban J connectivity index is 1.79. The number of carbonyl (C=O) groups excluding carboxylic acids is 2. The predicted octanol–water partition coefficient (Wildman–Crippen LogP) is 3.55. The standard InChI is InChI=1S/C22H22FN3O2/c1-12-4-5-13(2)18-17(12)14(3)19(25-18)22(28)26-11-10-24-21(27)20(26)15-6-8-16(23)9-7-15/h4-9,20,25H,10-11H2,1-3H3,(H,24,27)/t20-/m0/s1. The minimum absolute atomic E-state index is 0.225.